The molecule has 0 saturated carbocycles. The maximum Gasteiger partial charge on any atom is 0.400 e. The van der Waals surface area contributed by atoms with E-state index in [2.05, 4.69) is 0 Å². The van der Waals surface area contributed by atoms with Crippen LogP contribution in [0.25, 0.3) is 0 Å². The van der Waals surface area contributed by atoms with Crippen molar-refractivity contribution in [2.24, 2.45) is 5.92 Å². The van der Waals surface area contributed by atoms with E-state index in [0.29, 0.717) is 0 Å². The van der Waals surface area contributed by atoms with Crippen LogP contribution in [-0.4, -0.2) is 31.4 Å². The van der Waals surface area contributed by atoms with Gasteiger partial charge in [-0.05, 0) is 6.92 Å². The van der Waals surface area contributed by atoms with Crippen molar-refractivity contribution in [1.29, 1.82) is 0 Å². The Morgan fingerprint density at radius 3 is 1.07 bits per heavy atom. The van der Waals surface area contributed by atoms with Crippen molar-refractivity contribution in [2.45, 2.75) is 19.3 Å². The van der Waals surface area contributed by atoms with Crippen LogP contribution in [0.2, 0.25) is 0 Å². The predicted molar refractivity (Wildman–Crippen MR) is 36.5 cm³/mol. The number of aliphatic hydroxyl groups excluding tert-OH is 1. The van der Waals surface area contributed by atoms with Gasteiger partial charge in [-0.15, -0.1) is 0 Å². The summed E-state index contributed by atoms with van der Waals surface area (Å²) < 4.78 is 67.4. The van der Waals surface area contributed by atoms with Crippen molar-refractivity contribution in [3.05, 3.63) is 0 Å². The maximum atomic E-state index is 11.2. The highest BCUT2D eigenvalue weighted by Crippen LogP contribution is 2.38. The van der Waals surface area contributed by atoms with Gasteiger partial charge >= 0.3 is 12.4 Å². The van der Waals surface area contributed by atoms with Crippen LogP contribution in [0.4, 0.5) is 26.3 Å². The van der Waals surface area contributed by atoms with Crippen molar-refractivity contribution >= 4 is 6.79 Å². The average Bonchev–Trinajstić information content (AvgIpc) is 2.07. The highest BCUT2D eigenvalue weighted by molar-refractivity contribution is 5.10. The van der Waals surface area contributed by atoms with Gasteiger partial charge in [0, 0.05) is 7.11 Å². The third kappa shape index (κ3) is 9.30. The Morgan fingerprint density at radius 1 is 0.929 bits per heavy atom. The maximum absolute atomic E-state index is 11.2. The first-order valence-electron chi connectivity index (χ1n) is 3.02. The van der Waals surface area contributed by atoms with E-state index in [1.165, 1.54) is 0 Å². The average molecular weight is 228 g/mol. The lowest BCUT2D eigenvalue weighted by Crippen LogP contribution is -2.33. The molecular formula is C6H10F6O2. The molecule has 0 saturated heterocycles. The van der Waals surface area contributed by atoms with Crippen LogP contribution in [0.1, 0.15) is 6.92 Å². The Balaban J connectivity index is -0.000000266. The zero-order valence-corrected chi connectivity index (χ0v) is 7.41. The van der Waals surface area contributed by atoms with Gasteiger partial charge in [0.25, 0.3) is 0 Å². The van der Waals surface area contributed by atoms with Crippen LogP contribution in [0, 0.1) is 5.92 Å². The second-order valence-electron chi connectivity index (χ2n) is 1.80. The lowest BCUT2D eigenvalue weighted by molar-refractivity contribution is -0.278. The van der Waals surface area contributed by atoms with Crippen molar-refractivity contribution in [3.63, 3.8) is 0 Å². The third-order valence-electron chi connectivity index (χ3n) is 0.982. The summed E-state index contributed by atoms with van der Waals surface area (Å²) in [7, 11) is 1.00. The largest absolute Gasteiger partial charge is 0.400 e. The molecule has 14 heavy (non-hydrogen) atoms. The molecule has 0 fully saturated rings. The molecule has 1 N–H and O–H groups in total. The van der Waals surface area contributed by atoms with Gasteiger partial charge < -0.3 is 9.90 Å². The van der Waals surface area contributed by atoms with Gasteiger partial charge in [0.1, 0.15) is 12.7 Å². The van der Waals surface area contributed by atoms with E-state index in [1.54, 1.807) is 0 Å². The number of rotatable bonds is 0. The molecule has 0 amide bonds. The zero-order chi connectivity index (χ0) is 12.6. The molecule has 0 unspecified atom stereocenters. The highest BCUT2D eigenvalue weighted by Gasteiger charge is 2.53. The van der Waals surface area contributed by atoms with Gasteiger partial charge in [0.05, 0.1) is 0 Å². The fourth-order valence-electron chi connectivity index (χ4n) is 0.186. The monoisotopic (exact) mass is 228 g/mol. The number of halogens is 6. The Labute approximate surface area is 76.5 Å². The molecule has 0 rings (SSSR count). The number of hydrogen-bond acceptors (Lipinski definition) is 2. The first kappa shape index (κ1) is 18.9. The Hall–Kier alpha value is -0.790. The number of alkyl halides is 6. The normalized spacial score (nSPS) is 11.0. The van der Waals surface area contributed by atoms with E-state index in [1.807, 2.05) is 6.79 Å². The molecule has 88 valence electrons. The standard InChI is InChI=1S/C4H4F6.CH4O.CH2O/c1-2(3(5,6)7)4(8,9)10;2*1-2/h2H,1H3;2H,1H3;1H2. The van der Waals surface area contributed by atoms with Crippen LogP contribution in [0.15, 0.2) is 0 Å². The van der Waals surface area contributed by atoms with Gasteiger partial charge in [0.2, 0.25) is 0 Å². The van der Waals surface area contributed by atoms with E-state index in [4.69, 9.17) is 9.90 Å². The summed E-state index contributed by atoms with van der Waals surface area (Å²) in [4.78, 5) is 8.00. The quantitative estimate of drug-likeness (QED) is 0.645. The summed E-state index contributed by atoms with van der Waals surface area (Å²) in [5, 5.41) is 7.00. The van der Waals surface area contributed by atoms with Gasteiger partial charge in [-0.3, -0.25) is 0 Å². The van der Waals surface area contributed by atoms with Crippen molar-refractivity contribution < 1.29 is 36.2 Å². The number of carbonyl (C=O) groups excluding carboxylic acids is 1. The molecule has 0 atom stereocenters. The molecule has 0 radical (unpaired) electrons. The summed E-state index contributed by atoms with van der Waals surface area (Å²) in [6.45, 7) is 2.08. The number of aliphatic hydroxyl groups is 1. The van der Waals surface area contributed by atoms with Gasteiger partial charge in [-0.25, -0.2) is 0 Å². The van der Waals surface area contributed by atoms with E-state index < -0.39 is 18.3 Å². The molecule has 0 heterocycles. The minimum absolute atomic E-state index is 0.0833. The van der Waals surface area contributed by atoms with Crippen molar-refractivity contribution in [2.75, 3.05) is 7.11 Å². The minimum atomic E-state index is -5.18. The van der Waals surface area contributed by atoms with Crippen LogP contribution < -0.4 is 0 Å². The predicted octanol–water partition coefficient (Wildman–Crippen LogP) is 2.17. The second-order valence-corrected chi connectivity index (χ2v) is 1.80. The highest BCUT2D eigenvalue weighted by atomic mass is 19.4. The molecule has 0 bridgehead atoms. The topological polar surface area (TPSA) is 37.3 Å². The van der Waals surface area contributed by atoms with Gasteiger partial charge in [0.15, 0.2) is 0 Å². The van der Waals surface area contributed by atoms with E-state index >= 15 is 0 Å². The van der Waals surface area contributed by atoms with E-state index in [9.17, 15) is 26.3 Å². The first-order chi connectivity index (χ1) is 6.15. The number of carbonyl (C=O) groups is 1. The molecule has 0 aromatic heterocycles. The fourth-order valence-corrected chi connectivity index (χ4v) is 0.186. The van der Waals surface area contributed by atoms with E-state index in [0.717, 1.165) is 7.11 Å². The van der Waals surface area contributed by atoms with Crippen molar-refractivity contribution in [1.82, 2.24) is 0 Å². The van der Waals surface area contributed by atoms with Crippen LogP contribution in [-0.2, 0) is 4.79 Å². The second kappa shape index (κ2) is 7.60. The SMILES string of the molecule is C=O.CC(C(F)(F)F)C(F)(F)F.CO. The lowest BCUT2D eigenvalue weighted by Gasteiger charge is -2.17. The Bertz CT molecular complexity index is 115. The summed E-state index contributed by atoms with van der Waals surface area (Å²) in [5.74, 6) is -3.24. The summed E-state index contributed by atoms with van der Waals surface area (Å²) in [6, 6.07) is 0. The molecule has 8 heteroatoms. The smallest absolute Gasteiger partial charge is 0.400 e. The third-order valence-corrected chi connectivity index (χ3v) is 0.982. The lowest BCUT2D eigenvalue weighted by atomic mass is 10.2. The Kier molecular flexibility index (Phi) is 10.3. The molecule has 0 spiro atoms. The van der Waals surface area contributed by atoms with Crippen molar-refractivity contribution in [3.8, 4) is 0 Å². The molecular weight excluding hydrogens is 218 g/mol. The molecule has 0 aromatic rings. The molecule has 0 aliphatic heterocycles. The summed E-state index contributed by atoms with van der Waals surface area (Å²) >= 11 is 0. The Morgan fingerprint density at radius 2 is 1.07 bits per heavy atom. The number of hydrogen-bond donors (Lipinski definition) is 1. The first-order valence-corrected chi connectivity index (χ1v) is 3.02. The molecule has 0 aromatic carbocycles. The summed E-state index contributed by atoms with van der Waals surface area (Å²) in [6.07, 6.45) is -10.4. The molecule has 2 nitrogen and oxygen atoms in total. The van der Waals surface area contributed by atoms with Crippen LogP contribution in [0.3, 0.4) is 0 Å². The zero-order valence-electron chi connectivity index (χ0n) is 7.41. The summed E-state index contributed by atoms with van der Waals surface area (Å²) in [5.41, 5.74) is 0. The fraction of sp³-hybridized carbons (Fsp3) is 0.833. The van der Waals surface area contributed by atoms with E-state index in [-0.39, 0.29) is 6.92 Å². The van der Waals surface area contributed by atoms with Crippen LogP contribution in [0.5, 0.6) is 0 Å². The van der Waals surface area contributed by atoms with Gasteiger partial charge in [-0.1, -0.05) is 0 Å². The van der Waals surface area contributed by atoms with Crippen LogP contribution >= 0.6 is 0 Å². The van der Waals surface area contributed by atoms with Gasteiger partial charge in [-0.2, -0.15) is 26.3 Å². The molecule has 0 aliphatic carbocycles. The molecule has 0 aliphatic rings. The minimum Gasteiger partial charge on any atom is -0.400 e.